The van der Waals surface area contributed by atoms with Crippen LogP contribution in [-0.4, -0.2) is 75.6 Å². The van der Waals surface area contributed by atoms with E-state index in [1.165, 1.54) is 12.8 Å². The number of pyridine rings is 1. The molecule has 2 unspecified atom stereocenters. The SMILES string of the molecule is CC(C)(C)NC(=O)[C@@H]1C[C@@H]2CCCCC2CN1C[C@@H](O)C(Cc1ccccc1)NC(=O)[C@@H](NC(=O)c1ccccn1)C(C)(C)C. The molecule has 0 bridgehead atoms. The first-order chi connectivity index (χ1) is 21.2. The van der Waals surface area contributed by atoms with Gasteiger partial charge in [-0.05, 0) is 75.0 Å². The van der Waals surface area contributed by atoms with Crippen molar-refractivity contribution in [3.05, 3.63) is 66.0 Å². The Morgan fingerprint density at radius 2 is 1.60 bits per heavy atom. The fourth-order valence-corrected chi connectivity index (χ4v) is 6.79. The van der Waals surface area contributed by atoms with E-state index in [0.717, 1.165) is 31.4 Å². The fraction of sp³-hybridized carbons (Fsp3) is 0.611. The molecule has 3 amide bonds. The standard InChI is InChI=1S/C36H53N5O4/c1-35(2,3)31(39-32(43)27-18-12-13-19-37-27)34(45)38-28(20-24-14-8-7-9-15-24)30(42)23-41-22-26-17-11-10-16-25(26)21-29(41)33(44)40-36(4,5)6/h7-9,12-15,18-19,25-26,28-31,42H,10-11,16-17,20-23H2,1-6H3,(H,38,45)(H,39,43)(H,40,44)/t25-,26?,28?,29-,30+,31+/m0/s1. The van der Waals surface area contributed by atoms with Gasteiger partial charge in [0.1, 0.15) is 11.7 Å². The van der Waals surface area contributed by atoms with Crippen molar-refractivity contribution in [2.24, 2.45) is 17.3 Å². The van der Waals surface area contributed by atoms with Crippen molar-refractivity contribution in [1.82, 2.24) is 25.8 Å². The molecule has 2 fully saturated rings. The number of hydrogen-bond acceptors (Lipinski definition) is 6. The molecule has 1 aliphatic heterocycles. The Balaban J connectivity index is 1.56. The van der Waals surface area contributed by atoms with Crippen LogP contribution in [-0.2, 0) is 16.0 Å². The number of piperidine rings is 1. The van der Waals surface area contributed by atoms with E-state index in [1.54, 1.807) is 24.4 Å². The maximum atomic E-state index is 13.9. The number of hydrogen-bond donors (Lipinski definition) is 4. The third-order valence-corrected chi connectivity index (χ3v) is 9.12. The largest absolute Gasteiger partial charge is 0.390 e. The van der Waals surface area contributed by atoms with Crippen LogP contribution in [0.1, 0.15) is 89.7 Å². The number of amides is 3. The van der Waals surface area contributed by atoms with Gasteiger partial charge in [0.15, 0.2) is 0 Å². The zero-order valence-corrected chi connectivity index (χ0v) is 27.9. The first-order valence-corrected chi connectivity index (χ1v) is 16.5. The number of aliphatic hydroxyl groups is 1. The van der Waals surface area contributed by atoms with Crippen LogP contribution >= 0.6 is 0 Å². The summed E-state index contributed by atoms with van der Waals surface area (Å²) in [5.41, 5.74) is 0.220. The fourth-order valence-electron chi connectivity index (χ4n) is 6.79. The molecule has 1 saturated carbocycles. The monoisotopic (exact) mass is 619 g/mol. The summed E-state index contributed by atoms with van der Waals surface area (Å²) in [4.78, 5) is 46.8. The highest BCUT2D eigenvalue weighted by Gasteiger charge is 2.42. The van der Waals surface area contributed by atoms with Crippen molar-refractivity contribution in [1.29, 1.82) is 0 Å². The molecule has 1 saturated heterocycles. The second-order valence-corrected chi connectivity index (χ2v) is 15.1. The molecule has 1 aliphatic carbocycles. The molecular weight excluding hydrogens is 566 g/mol. The van der Waals surface area contributed by atoms with Crippen LogP contribution in [0.3, 0.4) is 0 Å². The number of rotatable bonds is 10. The lowest BCUT2D eigenvalue weighted by Crippen LogP contribution is -2.61. The van der Waals surface area contributed by atoms with Gasteiger partial charge in [-0.1, -0.05) is 76.4 Å². The second-order valence-electron chi connectivity index (χ2n) is 15.1. The molecular formula is C36H53N5O4. The Bertz CT molecular complexity index is 1270. The maximum Gasteiger partial charge on any atom is 0.270 e. The number of carbonyl (C=O) groups is 3. The number of aliphatic hydroxyl groups excluding tert-OH is 1. The number of fused-ring (bicyclic) bond motifs is 1. The van der Waals surface area contributed by atoms with Gasteiger partial charge in [-0.25, -0.2) is 0 Å². The molecule has 6 atom stereocenters. The molecule has 2 aliphatic rings. The average molecular weight is 620 g/mol. The first-order valence-electron chi connectivity index (χ1n) is 16.5. The molecule has 45 heavy (non-hydrogen) atoms. The van der Waals surface area contributed by atoms with Gasteiger partial charge in [-0.3, -0.25) is 24.3 Å². The van der Waals surface area contributed by atoms with Crippen LogP contribution in [0, 0.1) is 17.3 Å². The lowest BCUT2D eigenvalue weighted by Gasteiger charge is -2.47. The third kappa shape index (κ3) is 9.84. The van der Waals surface area contributed by atoms with Crippen molar-refractivity contribution in [2.75, 3.05) is 13.1 Å². The summed E-state index contributed by atoms with van der Waals surface area (Å²) in [7, 11) is 0. The second kappa shape index (κ2) is 14.9. The summed E-state index contributed by atoms with van der Waals surface area (Å²) in [5.74, 6) is 0.192. The minimum absolute atomic E-state index is 0.00704. The van der Waals surface area contributed by atoms with Crippen LogP contribution in [0.4, 0.5) is 0 Å². The third-order valence-electron chi connectivity index (χ3n) is 9.12. The van der Waals surface area contributed by atoms with Crippen LogP contribution in [0.2, 0.25) is 0 Å². The van der Waals surface area contributed by atoms with E-state index in [0.29, 0.717) is 18.3 Å². The Labute approximate surface area is 269 Å². The molecule has 2 aromatic rings. The van der Waals surface area contributed by atoms with Crippen molar-refractivity contribution in [2.45, 2.75) is 110 Å². The molecule has 4 rings (SSSR count). The topological polar surface area (TPSA) is 124 Å². The molecule has 4 N–H and O–H groups in total. The number of β-amino-alcohol motifs (C(OH)–C–C–N with tert-alkyl or cyclic N) is 1. The van der Waals surface area contributed by atoms with Gasteiger partial charge in [0.2, 0.25) is 11.8 Å². The molecule has 0 spiro atoms. The summed E-state index contributed by atoms with van der Waals surface area (Å²) >= 11 is 0. The van der Waals surface area contributed by atoms with Crippen molar-refractivity contribution in [3.63, 3.8) is 0 Å². The first kappa shape index (κ1) is 34.6. The number of nitrogens with one attached hydrogen (secondary N) is 3. The normalized spacial score (nSPS) is 22.8. The molecule has 9 heteroatoms. The highest BCUT2D eigenvalue weighted by atomic mass is 16.3. The Morgan fingerprint density at radius 1 is 0.933 bits per heavy atom. The van der Waals surface area contributed by atoms with Crippen LogP contribution in [0.5, 0.6) is 0 Å². The predicted molar refractivity (Wildman–Crippen MR) is 176 cm³/mol. The highest BCUT2D eigenvalue weighted by Crippen LogP contribution is 2.39. The lowest BCUT2D eigenvalue weighted by atomic mass is 9.72. The summed E-state index contributed by atoms with van der Waals surface area (Å²) in [6, 6.07) is 13.0. The van der Waals surface area contributed by atoms with E-state index >= 15 is 0 Å². The van der Waals surface area contributed by atoms with Gasteiger partial charge in [-0.2, -0.15) is 0 Å². The van der Waals surface area contributed by atoms with Crippen LogP contribution in [0.15, 0.2) is 54.7 Å². The number of likely N-dealkylation sites (tertiary alicyclic amines) is 1. The van der Waals surface area contributed by atoms with Crippen LogP contribution in [0.25, 0.3) is 0 Å². The Kier molecular flexibility index (Phi) is 11.4. The van der Waals surface area contributed by atoms with Gasteiger partial charge in [-0.15, -0.1) is 0 Å². The summed E-state index contributed by atoms with van der Waals surface area (Å²) < 4.78 is 0. The van der Waals surface area contributed by atoms with Gasteiger partial charge in [0.25, 0.3) is 5.91 Å². The van der Waals surface area contributed by atoms with Gasteiger partial charge < -0.3 is 21.1 Å². The quantitative estimate of drug-likeness (QED) is 0.318. The smallest absolute Gasteiger partial charge is 0.270 e. The van der Waals surface area contributed by atoms with Crippen molar-refractivity contribution < 1.29 is 19.5 Å². The van der Waals surface area contributed by atoms with E-state index in [-0.39, 0.29) is 35.6 Å². The van der Waals surface area contributed by atoms with E-state index < -0.39 is 29.5 Å². The zero-order chi connectivity index (χ0) is 32.8. The Hall–Kier alpha value is -3.30. The van der Waals surface area contributed by atoms with Crippen molar-refractivity contribution >= 4 is 17.7 Å². The summed E-state index contributed by atoms with van der Waals surface area (Å²) in [6.07, 6.45) is 6.45. The van der Waals surface area contributed by atoms with Gasteiger partial charge in [0, 0.05) is 24.8 Å². The van der Waals surface area contributed by atoms with E-state index in [9.17, 15) is 19.5 Å². The molecule has 1 aromatic carbocycles. The molecule has 0 radical (unpaired) electrons. The lowest BCUT2D eigenvalue weighted by molar-refractivity contribution is -0.133. The number of nitrogens with zero attached hydrogens (tertiary/aromatic N) is 2. The Morgan fingerprint density at radius 3 is 2.22 bits per heavy atom. The highest BCUT2D eigenvalue weighted by molar-refractivity contribution is 5.96. The zero-order valence-electron chi connectivity index (χ0n) is 27.9. The molecule has 9 nitrogen and oxygen atoms in total. The number of carbonyl (C=O) groups excluding carboxylic acids is 3. The van der Waals surface area contributed by atoms with Gasteiger partial charge in [0.05, 0.1) is 18.2 Å². The molecule has 246 valence electrons. The predicted octanol–water partition coefficient (Wildman–Crippen LogP) is 4.11. The van der Waals surface area contributed by atoms with Gasteiger partial charge >= 0.3 is 0 Å². The van der Waals surface area contributed by atoms with E-state index in [2.05, 4.69) is 25.8 Å². The molecule has 1 aromatic heterocycles. The minimum Gasteiger partial charge on any atom is -0.390 e. The average Bonchev–Trinajstić information content (AvgIpc) is 2.98. The van der Waals surface area contributed by atoms with E-state index in [4.69, 9.17) is 0 Å². The van der Waals surface area contributed by atoms with Crippen molar-refractivity contribution in [3.8, 4) is 0 Å². The number of benzene rings is 1. The molecule has 2 heterocycles. The summed E-state index contributed by atoms with van der Waals surface area (Å²) in [5, 5.41) is 21.0. The number of aromatic nitrogens is 1. The van der Waals surface area contributed by atoms with Crippen LogP contribution < -0.4 is 16.0 Å². The minimum atomic E-state index is -0.952. The maximum absolute atomic E-state index is 13.9. The summed E-state index contributed by atoms with van der Waals surface area (Å²) in [6.45, 7) is 12.6. The van der Waals surface area contributed by atoms with E-state index in [1.807, 2.05) is 71.9 Å².